The van der Waals surface area contributed by atoms with E-state index in [0.29, 0.717) is 5.56 Å². The molecule has 0 aliphatic rings. The molecule has 0 fully saturated rings. The molecule has 27 heavy (non-hydrogen) atoms. The number of anilines is 1. The second-order valence-corrected chi connectivity index (χ2v) is 6.32. The average Bonchev–Trinajstić information content (AvgIpc) is 2.65. The minimum Gasteiger partial charge on any atom is -0.376 e. The predicted octanol–water partition coefficient (Wildman–Crippen LogP) is 1.68. The summed E-state index contributed by atoms with van der Waals surface area (Å²) in [6.07, 6.45) is 0. The van der Waals surface area contributed by atoms with Gasteiger partial charge in [-0.3, -0.25) is 25.2 Å². The van der Waals surface area contributed by atoms with Crippen molar-refractivity contribution in [2.24, 2.45) is 0 Å². The number of carbonyl (C=O) groups is 3. The second-order valence-electron chi connectivity index (χ2n) is 6.32. The molecule has 1 atom stereocenters. The van der Waals surface area contributed by atoms with E-state index in [4.69, 9.17) is 0 Å². The standard InChI is InChI=1S/C20H24N4O3/c1-13-7-9-17(10-8-13)21-12-18(25)23-24-19(26)15(3)22-20(27)16-6-4-5-14(2)11-16/h4-11,15,21H,12H2,1-3H3,(H,22,27)(H,23,25)(H,24,26). The van der Waals surface area contributed by atoms with Crippen molar-refractivity contribution < 1.29 is 14.4 Å². The minimum absolute atomic E-state index is 0.00731. The van der Waals surface area contributed by atoms with Crippen LogP contribution in [0.1, 0.15) is 28.4 Å². The number of rotatable bonds is 6. The van der Waals surface area contributed by atoms with Crippen molar-refractivity contribution in [3.8, 4) is 0 Å². The number of hydrazine groups is 1. The molecule has 7 heteroatoms. The van der Waals surface area contributed by atoms with Crippen LogP contribution in [0.5, 0.6) is 0 Å². The maximum atomic E-state index is 12.1. The maximum Gasteiger partial charge on any atom is 0.260 e. The molecular weight excluding hydrogens is 344 g/mol. The number of nitrogens with one attached hydrogen (secondary N) is 4. The molecule has 0 aliphatic carbocycles. The molecule has 0 heterocycles. The van der Waals surface area contributed by atoms with Crippen LogP contribution in [0.2, 0.25) is 0 Å². The van der Waals surface area contributed by atoms with Crippen LogP contribution in [0.25, 0.3) is 0 Å². The number of aryl methyl sites for hydroxylation is 2. The summed E-state index contributed by atoms with van der Waals surface area (Å²) in [6.45, 7) is 5.41. The number of carbonyl (C=O) groups excluding carboxylic acids is 3. The van der Waals surface area contributed by atoms with Crippen molar-refractivity contribution in [1.29, 1.82) is 0 Å². The Kier molecular flexibility index (Phi) is 6.93. The third-order valence-corrected chi connectivity index (χ3v) is 3.85. The van der Waals surface area contributed by atoms with E-state index in [1.807, 2.05) is 44.2 Å². The molecule has 7 nitrogen and oxygen atoms in total. The molecule has 0 saturated carbocycles. The van der Waals surface area contributed by atoms with Crippen LogP contribution in [0, 0.1) is 13.8 Å². The Balaban J connectivity index is 1.74. The third kappa shape index (κ3) is 6.47. The fourth-order valence-corrected chi connectivity index (χ4v) is 2.27. The van der Waals surface area contributed by atoms with Crippen LogP contribution in [0.15, 0.2) is 48.5 Å². The van der Waals surface area contributed by atoms with E-state index >= 15 is 0 Å². The Hall–Kier alpha value is -3.35. The Morgan fingerprint density at radius 1 is 0.926 bits per heavy atom. The van der Waals surface area contributed by atoms with E-state index in [1.54, 1.807) is 25.1 Å². The van der Waals surface area contributed by atoms with Gasteiger partial charge in [0.15, 0.2) is 0 Å². The quantitative estimate of drug-likeness (QED) is 0.583. The Labute approximate surface area is 158 Å². The van der Waals surface area contributed by atoms with Crippen molar-refractivity contribution in [3.05, 3.63) is 65.2 Å². The highest BCUT2D eigenvalue weighted by molar-refractivity contribution is 5.97. The van der Waals surface area contributed by atoms with E-state index in [9.17, 15) is 14.4 Å². The molecule has 2 aromatic rings. The van der Waals surface area contributed by atoms with Crippen LogP contribution in [-0.2, 0) is 9.59 Å². The van der Waals surface area contributed by atoms with Crippen molar-refractivity contribution >= 4 is 23.4 Å². The molecule has 3 amide bonds. The normalized spacial score (nSPS) is 11.2. The molecule has 0 aromatic heterocycles. The largest absolute Gasteiger partial charge is 0.376 e. The van der Waals surface area contributed by atoms with E-state index in [0.717, 1.165) is 16.8 Å². The highest BCUT2D eigenvalue weighted by Crippen LogP contribution is 2.07. The Morgan fingerprint density at radius 3 is 2.30 bits per heavy atom. The van der Waals surface area contributed by atoms with Crippen molar-refractivity contribution in [2.45, 2.75) is 26.8 Å². The van der Waals surface area contributed by atoms with Gasteiger partial charge in [-0.05, 0) is 45.0 Å². The first-order valence-electron chi connectivity index (χ1n) is 8.62. The van der Waals surface area contributed by atoms with E-state index in [1.165, 1.54) is 0 Å². The summed E-state index contributed by atoms with van der Waals surface area (Å²) in [5.74, 6) is -1.27. The van der Waals surface area contributed by atoms with Crippen molar-refractivity contribution in [3.63, 3.8) is 0 Å². The van der Waals surface area contributed by atoms with Gasteiger partial charge in [0.25, 0.3) is 17.7 Å². The summed E-state index contributed by atoms with van der Waals surface area (Å²) >= 11 is 0. The average molecular weight is 368 g/mol. The molecule has 0 spiro atoms. The van der Waals surface area contributed by atoms with Gasteiger partial charge in [0.05, 0.1) is 6.54 Å². The lowest BCUT2D eigenvalue weighted by molar-refractivity contribution is -0.128. The Bertz CT molecular complexity index is 818. The first-order chi connectivity index (χ1) is 12.8. The van der Waals surface area contributed by atoms with Crippen molar-refractivity contribution in [1.82, 2.24) is 16.2 Å². The van der Waals surface area contributed by atoms with Gasteiger partial charge in [0.2, 0.25) is 0 Å². The monoisotopic (exact) mass is 368 g/mol. The fourth-order valence-electron chi connectivity index (χ4n) is 2.27. The zero-order valence-electron chi connectivity index (χ0n) is 15.6. The lowest BCUT2D eigenvalue weighted by Gasteiger charge is -2.15. The predicted molar refractivity (Wildman–Crippen MR) is 104 cm³/mol. The smallest absolute Gasteiger partial charge is 0.260 e. The maximum absolute atomic E-state index is 12.1. The van der Waals surface area contributed by atoms with Crippen LogP contribution in [0.3, 0.4) is 0 Å². The SMILES string of the molecule is Cc1ccc(NCC(=O)NNC(=O)C(C)NC(=O)c2cccc(C)c2)cc1. The molecule has 2 rings (SSSR count). The molecule has 0 radical (unpaired) electrons. The van der Waals surface area contributed by atoms with Crippen molar-refractivity contribution in [2.75, 3.05) is 11.9 Å². The van der Waals surface area contributed by atoms with Gasteiger partial charge in [-0.2, -0.15) is 0 Å². The summed E-state index contributed by atoms with van der Waals surface area (Å²) in [7, 11) is 0. The zero-order valence-corrected chi connectivity index (χ0v) is 15.6. The lowest BCUT2D eigenvalue weighted by Crippen LogP contribution is -2.52. The van der Waals surface area contributed by atoms with Gasteiger partial charge in [-0.15, -0.1) is 0 Å². The lowest BCUT2D eigenvalue weighted by atomic mass is 10.1. The number of hydrogen-bond donors (Lipinski definition) is 4. The first kappa shape index (κ1) is 20.0. The summed E-state index contributed by atoms with van der Waals surface area (Å²) in [6, 6.07) is 13.9. The van der Waals surface area contributed by atoms with Crippen LogP contribution in [0.4, 0.5) is 5.69 Å². The highest BCUT2D eigenvalue weighted by Gasteiger charge is 2.17. The number of benzene rings is 2. The molecular formula is C20H24N4O3. The molecule has 0 bridgehead atoms. The Morgan fingerprint density at radius 2 is 1.63 bits per heavy atom. The van der Waals surface area contributed by atoms with Gasteiger partial charge in [0.1, 0.15) is 6.04 Å². The third-order valence-electron chi connectivity index (χ3n) is 3.85. The molecule has 0 aliphatic heterocycles. The number of hydrogen-bond acceptors (Lipinski definition) is 4. The van der Waals surface area contributed by atoms with E-state index < -0.39 is 17.9 Å². The summed E-state index contributed by atoms with van der Waals surface area (Å²) in [5.41, 5.74) is 7.97. The molecule has 1 unspecified atom stereocenters. The zero-order chi connectivity index (χ0) is 19.8. The fraction of sp³-hybridized carbons (Fsp3) is 0.250. The molecule has 0 saturated heterocycles. The molecule has 142 valence electrons. The van der Waals surface area contributed by atoms with Gasteiger partial charge in [-0.25, -0.2) is 0 Å². The molecule has 4 N–H and O–H groups in total. The summed E-state index contributed by atoms with van der Waals surface area (Å²) in [5, 5.41) is 5.54. The summed E-state index contributed by atoms with van der Waals surface area (Å²) in [4.78, 5) is 36.0. The minimum atomic E-state index is -0.802. The van der Waals surface area contributed by atoms with Gasteiger partial charge in [0, 0.05) is 11.3 Å². The van der Waals surface area contributed by atoms with Crippen LogP contribution in [-0.4, -0.2) is 30.3 Å². The number of amides is 3. The second kappa shape index (κ2) is 9.38. The first-order valence-corrected chi connectivity index (χ1v) is 8.62. The summed E-state index contributed by atoms with van der Waals surface area (Å²) < 4.78 is 0. The van der Waals surface area contributed by atoms with Crippen LogP contribution < -0.4 is 21.5 Å². The van der Waals surface area contributed by atoms with Gasteiger partial charge < -0.3 is 10.6 Å². The highest BCUT2D eigenvalue weighted by atomic mass is 16.2. The van der Waals surface area contributed by atoms with Gasteiger partial charge >= 0.3 is 0 Å². The van der Waals surface area contributed by atoms with E-state index in [-0.39, 0.29) is 12.5 Å². The topological polar surface area (TPSA) is 99.3 Å². The van der Waals surface area contributed by atoms with Gasteiger partial charge in [-0.1, -0.05) is 35.4 Å². The molecule has 2 aromatic carbocycles. The van der Waals surface area contributed by atoms with E-state index in [2.05, 4.69) is 21.5 Å². The van der Waals surface area contributed by atoms with Crippen LogP contribution >= 0.6 is 0 Å².